The van der Waals surface area contributed by atoms with Crippen molar-refractivity contribution in [3.63, 3.8) is 0 Å². The third-order valence-corrected chi connectivity index (χ3v) is 8.64. The van der Waals surface area contributed by atoms with Gasteiger partial charge in [0, 0.05) is 22.1 Å². The molecule has 5 rings (SSSR count). The standard InChI is InChI=1S/C37H39N2S/c1-24-29-11-9-10-12-30(29)33(37(5,6)7)18-31(24)34-19-32(28(21-38)22-39(34)8)35-17-27(23-40-35)26-15-13-25(14-16-26)20-36(2,3)4/h9-19,22-23H,20H2,1-8H3/q+1. The van der Waals surface area contributed by atoms with E-state index in [2.05, 4.69) is 131 Å². The van der Waals surface area contributed by atoms with Crippen molar-refractivity contribution in [2.75, 3.05) is 0 Å². The van der Waals surface area contributed by atoms with Gasteiger partial charge in [0.1, 0.15) is 18.7 Å². The summed E-state index contributed by atoms with van der Waals surface area (Å²) in [5.74, 6) is 0. The zero-order valence-electron chi connectivity index (χ0n) is 25.0. The maximum atomic E-state index is 10.1. The zero-order chi connectivity index (χ0) is 28.8. The van der Waals surface area contributed by atoms with Crippen LogP contribution < -0.4 is 4.57 Å². The molecule has 0 atom stereocenters. The Morgan fingerprint density at radius 2 is 1.50 bits per heavy atom. The highest BCUT2D eigenvalue weighted by molar-refractivity contribution is 7.14. The van der Waals surface area contributed by atoms with Gasteiger partial charge < -0.3 is 0 Å². The van der Waals surface area contributed by atoms with Crippen LogP contribution in [-0.4, -0.2) is 0 Å². The predicted octanol–water partition coefficient (Wildman–Crippen LogP) is 9.79. The summed E-state index contributed by atoms with van der Waals surface area (Å²) >= 11 is 1.70. The summed E-state index contributed by atoms with van der Waals surface area (Å²) in [6.45, 7) is 15.9. The zero-order valence-corrected chi connectivity index (χ0v) is 25.8. The molecule has 2 heterocycles. The van der Waals surface area contributed by atoms with Crippen LogP contribution in [0.25, 0.3) is 43.6 Å². The van der Waals surface area contributed by atoms with Crippen LogP contribution in [0.2, 0.25) is 0 Å². The smallest absolute Gasteiger partial charge is 0.200 e. The van der Waals surface area contributed by atoms with Crippen LogP contribution in [-0.2, 0) is 18.9 Å². The Bertz CT molecular complexity index is 1750. The molecule has 0 spiro atoms. The Hall–Kier alpha value is -3.74. The van der Waals surface area contributed by atoms with Gasteiger partial charge in [0.15, 0.2) is 6.20 Å². The molecule has 0 saturated heterocycles. The SMILES string of the molecule is Cc1c(-c2cc(-c3cc(-c4ccc(CC(C)(C)C)cc4)cs3)c(C#N)c[n+]2C)cc(C(C)(C)C)c2ccccc12. The number of pyridine rings is 1. The maximum Gasteiger partial charge on any atom is 0.213 e. The third-order valence-electron chi connectivity index (χ3n) is 7.68. The number of nitrogens with zero attached hydrogens (tertiary/aromatic N) is 2. The molecule has 0 amide bonds. The highest BCUT2D eigenvalue weighted by atomic mass is 32.1. The van der Waals surface area contributed by atoms with Gasteiger partial charge in [-0.15, -0.1) is 11.3 Å². The van der Waals surface area contributed by atoms with E-state index in [4.69, 9.17) is 0 Å². The van der Waals surface area contributed by atoms with E-state index in [1.807, 2.05) is 13.2 Å². The molecule has 0 N–H and O–H groups in total. The van der Waals surface area contributed by atoms with Gasteiger partial charge in [-0.05, 0) is 80.3 Å². The number of fused-ring (bicyclic) bond motifs is 1. The molecule has 0 unspecified atom stereocenters. The van der Waals surface area contributed by atoms with Crippen LogP contribution >= 0.6 is 11.3 Å². The summed E-state index contributed by atoms with van der Waals surface area (Å²) in [6.07, 6.45) is 3.04. The third kappa shape index (κ3) is 5.47. The van der Waals surface area contributed by atoms with Crippen LogP contribution in [0.15, 0.2) is 78.3 Å². The van der Waals surface area contributed by atoms with E-state index in [9.17, 15) is 5.26 Å². The average molecular weight is 544 g/mol. The Kier molecular flexibility index (Phi) is 7.19. The molecule has 3 aromatic carbocycles. The highest BCUT2D eigenvalue weighted by Gasteiger charge is 2.25. The molecular weight excluding hydrogens is 504 g/mol. The molecule has 40 heavy (non-hydrogen) atoms. The first kappa shape index (κ1) is 27.8. The Morgan fingerprint density at radius 1 is 0.825 bits per heavy atom. The molecule has 0 aliphatic heterocycles. The molecular formula is C37H39N2S+. The second kappa shape index (κ2) is 10.3. The summed E-state index contributed by atoms with van der Waals surface area (Å²) < 4.78 is 2.11. The average Bonchev–Trinajstić information content (AvgIpc) is 3.38. The molecule has 0 bridgehead atoms. The number of rotatable bonds is 4. The minimum atomic E-state index is 0.00112. The van der Waals surface area contributed by atoms with Crippen LogP contribution in [0.3, 0.4) is 0 Å². The molecule has 5 aromatic rings. The monoisotopic (exact) mass is 543 g/mol. The number of benzene rings is 3. The van der Waals surface area contributed by atoms with E-state index < -0.39 is 0 Å². The fourth-order valence-electron chi connectivity index (χ4n) is 5.67. The van der Waals surface area contributed by atoms with Crippen LogP contribution in [0.1, 0.15) is 63.8 Å². The summed E-state index contributed by atoms with van der Waals surface area (Å²) in [5.41, 5.74) is 10.6. The summed E-state index contributed by atoms with van der Waals surface area (Å²) in [4.78, 5) is 1.11. The lowest BCUT2D eigenvalue weighted by Gasteiger charge is -2.24. The molecule has 0 fully saturated rings. The number of hydrogen-bond donors (Lipinski definition) is 0. The first-order chi connectivity index (χ1) is 18.9. The maximum absolute atomic E-state index is 10.1. The van der Waals surface area contributed by atoms with Gasteiger partial charge in [-0.3, -0.25) is 0 Å². The van der Waals surface area contributed by atoms with Gasteiger partial charge in [0.25, 0.3) is 0 Å². The van der Waals surface area contributed by atoms with E-state index in [1.165, 1.54) is 44.2 Å². The molecule has 0 aliphatic carbocycles. The Balaban J connectivity index is 1.61. The topological polar surface area (TPSA) is 27.7 Å². The minimum Gasteiger partial charge on any atom is -0.200 e. The lowest BCUT2D eigenvalue weighted by molar-refractivity contribution is -0.660. The Morgan fingerprint density at radius 3 is 2.12 bits per heavy atom. The van der Waals surface area contributed by atoms with Crippen LogP contribution in [0.4, 0.5) is 0 Å². The number of nitriles is 1. The number of thiophene rings is 1. The van der Waals surface area contributed by atoms with E-state index in [0.717, 1.165) is 22.6 Å². The van der Waals surface area contributed by atoms with Crippen molar-refractivity contribution in [3.8, 4) is 38.9 Å². The number of hydrogen-bond acceptors (Lipinski definition) is 2. The highest BCUT2D eigenvalue weighted by Crippen LogP contribution is 2.40. The van der Waals surface area contributed by atoms with Gasteiger partial charge in [0.2, 0.25) is 5.69 Å². The van der Waals surface area contributed by atoms with Gasteiger partial charge in [0.05, 0.1) is 0 Å². The predicted molar refractivity (Wildman–Crippen MR) is 171 cm³/mol. The fourth-order valence-corrected chi connectivity index (χ4v) is 6.62. The van der Waals surface area contributed by atoms with Gasteiger partial charge in [-0.1, -0.05) is 90.1 Å². The first-order valence-corrected chi connectivity index (χ1v) is 14.9. The molecule has 0 radical (unpaired) electrons. The largest absolute Gasteiger partial charge is 0.213 e. The molecule has 0 saturated carbocycles. The quantitative estimate of drug-likeness (QED) is 0.207. The second-order valence-electron chi connectivity index (χ2n) is 13.2. The minimum absolute atomic E-state index is 0.00112. The van der Waals surface area contributed by atoms with E-state index in [1.54, 1.807) is 11.3 Å². The lowest BCUT2D eigenvalue weighted by atomic mass is 9.80. The van der Waals surface area contributed by atoms with Crippen molar-refractivity contribution in [1.82, 2.24) is 0 Å². The summed E-state index contributed by atoms with van der Waals surface area (Å²) in [5, 5.41) is 14.9. The van der Waals surface area contributed by atoms with Gasteiger partial charge >= 0.3 is 0 Å². The van der Waals surface area contributed by atoms with Crippen LogP contribution in [0, 0.1) is 23.7 Å². The van der Waals surface area contributed by atoms with E-state index in [-0.39, 0.29) is 10.8 Å². The normalized spacial score (nSPS) is 12.1. The second-order valence-corrected chi connectivity index (χ2v) is 14.1. The molecule has 202 valence electrons. The fraction of sp³-hybridized carbons (Fsp3) is 0.297. The van der Waals surface area contributed by atoms with Crippen molar-refractivity contribution in [2.45, 2.75) is 60.3 Å². The molecule has 3 heteroatoms. The molecule has 0 aliphatic rings. The van der Waals surface area contributed by atoms with Crippen molar-refractivity contribution in [1.29, 1.82) is 5.26 Å². The molecule has 2 aromatic heterocycles. The number of aryl methyl sites for hydroxylation is 2. The summed E-state index contributed by atoms with van der Waals surface area (Å²) in [6, 6.07) is 26.9. The van der Waals surface area contributed by atoms with E-state index in [0.29, 0.717) is 5.56 Å². The number of aromatic nitrogens is 1. The summed E-state index contributed by atoms with van der Waals surface area (Å²) in [7, 11) is 2.05. The Labute approximate surface area is 243 Å². The first-order valence-electron chi connectivity index (χ1n) is 14.0. The van der Waals surface area contributed by atoms with Gasteiger partial charge in [-0.25, -0.2) is 0 Å². The van der Waals surface area contributed by atoms with Gasteiger partial charge in [-0.2, -0.15) is 9.83 Å². The van der Waals surface area contributed by atoms with Crippen molar-refractivity contribution in [2.24, 2.45) is 12.5 Å². The van der Waals surface area contributed by atoms with Crippen molar-refractivity contribution >= 4 is 22.1 Å². The van der Waals surface area contributed by atoms with E-state index >= 15 is 0 Å². The lowest BCUT2D eigenvalue weighted by Crippen LogP contribution is -2.31. The van der Waals surface area contributed by atoms with Crippen molar-refractivity contribution < 1.29 is 4.57 Å². The van der Waals surface area contributed by atoms with Crippen LogP contribution in [0.5, 0.6) is 0 Å². The molecule has 2 nitrogen and oxygen atoms in total. The van der Waals surface area contributed by atoms with Crippen molar-refractivity contribution in [3.05, 3.63) is 101 Å².